The third-order valence-electron chi connectivity index (χ3n) is 6.90. The Morgan fingerprint density at radius 2 is 1.85 bits per heavy atom. The Morgan fingerprint density at radius 1 is 1.11 bits per heavy atom. The lowest BCUT2D eigenvalue weighted by molar-refractivity contribution is -0.274. The molecule has 1 atom stereocenters. The van der Waals surface area contributed by atoms with E-state index in [1.165, 1.54) is 52.8 Å². The van der Waals surface area contributed by atoms with E-state index >= 15 is 0 Å². The van der Waals surface area contributed by atoms with Gasteiger partial charge in [-0.2, -0.15) is 10.3 Å². The van der Waals surface area contributed by atoms with Gasteiger partial charge in [0.25, 0.3) is 0 Å². The summed E-state index contributed by atoms with van der Waals surface area (Å²) in [5.74, 6) is -0.776. The van der Waals surface area contributed by atoms with E-state index in [0.717, 1.165) is 35.3 Å². The second-order valence-corrected chi connectivity index (χ2v) is 11.2. The zero-order valence-electron chi connectivity index (χ0n) is 25.1. The standard InChI is InChI=1S/C33H28F3N7O2S/c1-4-5-24-7-6-21(2)16-29(24)43-22(3)19-46-32(43)40-31(44)38-18-26(17-37)23-8-10-25(11-9-23)30-39-20-42(41-30)27-12-14-28(15-13-27)45-33(34,35)36/h6-16,18-20,26H,4-5H2,1-3H3. The van der Waals surface area contributed by atoms with E-state index in [-0.39, 0.29) is 5.75 Å². The number of nitrogens with zero attached hydrogens (tertiary/aromatic N) is 7. The van der Waals surface area contributed by atoms with Crippen molar-refractivity contribution in [2.75, 3.05) is 0 Å². The first-order valence-corrected chi connectivity index (χ1v) is 15.1. The fourth-order valence-corrected chi connectivity index (χ4v) is 5.59. The number of amides is 2. The number of halogens is 3. The van der Waals surface area contributed by atoms with Gasteiger partial charge >= 0.3 is 12.4 Å². The minimum absolute atomic E-state index is 0.341. The molecule has 0 N–H and O–H groups in total. The maximum atomic E-state index is 12.8. The Morgan fingerprint density at radius 3 is 2.52 bits per heavy atom. The summed E-state index contributed by atoms with van der Waals surface area (Å²) < 4.78 is 44.6. The fourth-order valence-electron chi connectivity index (χ4n) is 4.73. The number of hydrogen-bond acceptors (Lipinski definition) is 6. The molecule has 0 aliphatic carbocycles. The van der Waals surface area contributed by atoms with Crippen LogP contribution >= 0.6 is 11.3 Å². The Hall–Kier alpha value is -5.35. The summed E-state index contributed by atoms with van der Waals surface area (Å²) in [6.07, 6.45) is -0.192. The highest BCUT2D eigenvalue weighted by atomic mass is 32.1. The molecule has 46 heavy (non-hydrogen) atoms. The zero-order valence-corrected chi connectivity index (χ0v) is 25.9. The van der Waals surface area contributed by atoms with E-state index in [9.17, 15) is 23.2 Å². The topological polar surface area (TPSA) is 110 Å². The van der Waals surface area contributed by atoms with Crippen molar-refractivity contribution in [3.8, 4) is 34.6 Å². The normalized spacial score (nSPS) is 12.8. The number of urea groups is 1. The lowest BCUT2D eigenvalue weighted by Crippen LogP contribution is -2.17. The van der Waals surface area contributed by atoms with Crippen molar-refractivity contribution in [1.29, 1.82) is 5.26 Å². The smallest absolute Gasteiger partial charge is 0.406 e. The number of aryl methyl sites for hydroxylation is 3. The summed E-state index contributed by atoms with van der Waals surface area (Å²) in [5.41, 5.74) is 5.94. The molecule has 234 valence electrons. The number of nitriles is 1. The Kier molecular flexibility index (Phi) is 9.58. The maximum absolute atomic E-state index is 12.8. The molecule has 0 fully saturated rings. The highest BCUT2D eigenvalue weighted by molar-refractivity contribution is 7.07. The Labute approximate surface area is 266 Å². The van der Waals surface area contributed by atoms with Gasteiger partial charge in [0.15, 0.2) is 10.6 Å². The molecule has 5 rings (SSSR count). The van der Waals surface area contributed by atoms with Crippen LogP contribution in [0.2, 0.25) is 0 Å². The highest BCUT2D eigenvalue weighted by Crippen LogP contribution is 2.25. The van der Waals surface area contributed by atoms with Gasteiger partial charge in [-0.05, 0) is 67.3 Å². The van der Waals surface area contributed by atoms with Crippen LogP contribution in [0.4, 0.5) is 18.0 Å². The van der Waals surface area contributed by atoms with Gasteiger partial charge in [0.05, 0.1) is 17.4 Å². The minimum atomic E-state index is -4.78. The van der Waals surface area contributed by atoms with E-state index in [4.69, 9.17) is 0 Å². The molecule has 0 bridgehead atoms. The number of carbonyl (C=O) groups excluding carboxylic acids is 1. The largest absolute Gasteiger partial charge is 0.573 e. The molecule has 0 aliphatic heterocycles. The number of aliphatic imine (C=N–C) groups is 1. The van der Waals surface area contributed by atoms with Gasteiger partial charge in [0.2, 0.25) is 0 Å². The van der Waals surface area contributed by atoms with Crippen LogP contribution in [0.25, 0.3) is 22.8 Å². The number of aromatic nitrogens is 4. The van der Waals surface area contributed by atoms with Crippen LogP contribution in [0, 0.1) is 25.2 Å². The summed E-state index contributed by atoms with van der Waals surface area (Å²) >= 11 is 1.35. The van der Waals surface area contributed by atoms with Gasteiger partial charge in [-0.3, -0.25) is 4.57 Å². The molecular formula is C33H28F3N7O2S. The van der Waals surface area contributed by atoms with Crippen molar-refractivity contribution >= 4 is 23.6 Å². The maximum Gasteiger partial charge on any atom is 0.573 e. The average molecular weight is 644 g/mol. The Bertz CT molecular complexity index is 1980. The van der Waals surface area contributed by atoms with Gasteiger partial charge in [-0.25, -0.2) is 19.5 Å². The summed E-state index contributed by atoms with van der Waals surface area (Å²) in [5, 5.41) is 16.1. The van der Waals surface area contributed by atoms with Crippen LogP contribution in [-0.2, 0) is 6.42 Å². The number of ether oxygens (including phenoxy) is 1. The van der Waals surface area contributed by atoms with Crippen molar-refractivity contribution in [3.05, 3.63) is 106 Å². The lowest BCUT2D eigenvalue weighted by atomic mass is 10.0. The predicted molar refractivity (Wildman–Crippen MR) is 168 cm³/mol. The molecular weight excluding hydrogens is 615 g/mol. The third-order valence-corrected chi connectivity index (χ3v) is 7.84. The van der Waals surface area contributed by atoms with Crippen LogP contribution in [-0.4, -0.2) is 37.9 Å². The van der Waals surface area contributed by atoms with E-state index in [0.29, 0.717) is 27.4 Å². The van der Waals surface area contributed by atoms with Crippen LogP contribution in [0.3, 0.4) is 0 Å². The molecule has 0 spiro atoms. The second kappa shape index (κ2) is 13.7. The fraction of sp³-hybridized carbons (Fsp3) is 0.212. The van der Waals surface area contributed by atoms with Crippen molar-refractivity contribution in [2.45, 2.75) is 45.9 Å². The molecule has 9 nitrogen and oxygen atoms in total. The van der Waals surface area contributed by atoms with E-state index in [2.05, 4.69) is 56.0 Å². The first kappa shape index (κ1) is 32.1. The summed E-state index contributed by atoms with van der Waals surface area (Å²) in [7, 11) is 0. The molecule has 2 heterocycles. The van der Waals surface area contributed by atoms with Gasteiger partial charge in [-0.1, -0.05) is 49.7 Å². The first-order chi connectivity index (χ1) is 22.0. The molecule has 1 unspecified atom stereocenters. The number of rotatable bonds is 8. The number of carbonyl (C=O) groups is 1. The molecule has 13 heteroatoms. The van der Waals surface area contributed by atoms with E-state index < -0.39 is 18.3 Å². The van der Waals surface area contributed by atoms with E-state index in [1.54, 1.807) is 24.3 Å². The zero-order chi connectivity index (χ0) is 32.8. The molecule has 0 saturated heterocycles. The number of benzene rings is 3. The monoisotopic (exact) mass is 643 g/mol. The quantitative estimate of drug-likeness (QED) is 0.161. The average Bonchev–Trinajstić information content (AvgIpc) is 3.65. The highest BCUT2D eigenvalue weighted by Gasteiger charge is 2.31. The van der Waals surface area contributed by atoms with Crippen molar-refractivity contribution < 1.29 is 22.7 Å². The first-order valence-electron chi connectivity index (χ1n) is 14.2. The van der Waals surface area contributed by atoms with Crippen LogP contribution in [0.15, 0.2) is 88.4 Å². The van der Waals surface area contributed by atoms with Crippen LogP contribution in [0.5, 0.6) is 5.75 Å². The number of alkyl halides is 3. The molecule has 0 radical (unpaired) electrons. The molecule has 0 saturated carbocycles. The molecule has 0 aliphatic rings. The third kappa shape index (κ3) is 7.65. The van der Waals surface area contributed by atoms with Crippen LogP contribution < -0.4 is 9.54 Å². The lowest BCUT2D eigenvalue weighted by Gasteiger charge is -2.13. The summed E-state index contributed by atoms with van der Waals surface area (Å²) in [6.45, 7) is 6.10. The SMILES string of the molecule is CCCc1ccc(C)cc1-n1c(C)csc1=NC(=O)N=CC(C#N)c1ccc(-c2ncn(-c3ccc(OC(F)(F)F)cc3)n2)cc1. The second-order valence-electron chi connectivity index (χ2n) is 10.3. The van der Waals surface area contributed by atoms with Crippen molar-refractivity contribution in [3.63, 3.8) is 0 Å². The van der Waals surface area contributed by atoms with Gasteiger partial charge < -0.3 is 4.74 Å². The van der Waals surface area contributed by atoms with Gasteiger partial charge in [0, 0.05) is 22.9 Å². The Balaban J connectivity index is 1.30. The van der Waals surface area contributed by atoms with Crippen molar-refractivity contribution in [1.82, 2.24) is 19.3 Å². The van der Waals surface area contributed by atoms with E-state index in [1.807, 2.05) is 23.8 Å². The molecule has 2 aromatic heterocycles. The number of hydrogen-bond donors (Lipinski definition) is 0. The summed E-state index contributed by atoms with van der Waals surface area (Å²) in [6, 6.07) is 19.8. The van der Waals surface area contributed by atoms with Gasteiger partial charge in [0.1, 0.15) is 18.0 Å². The van der Waals surface area contributed by atoms with Crippen molar-refractivity contribution in [2.24, 2.45) is 9.98 Å². The predicted octanol–water partition coefficient (Wildman–Crippen LogP) is 7.65. The molecule has 2 amide bonds. The number of thiazole rings is 1. The molecule has 3 aromatic carbocycles. The minimum Gasteiger partial charge on any atom is -0.406 e. The van der Waals surface area contributed by atoms with Crippen LogP contribution in [0.1, 0.15) is 41.6 Å². The van der Waals surface area contributed by atoms with Gasteiger partial charge in [-0.15, -0.1) is 29.6 Å². The molecule has 5 aromatic rings. The summed E-state index contributed by atoms with van der Waals surface area (Å²) in [4.78, 5) is 25.8.